The topological polar surface area (TPSA) is 93.2 Å². The lowest BCUT2D eigenvalue weighted by Crippen LogP contribution is -2.51. The normalized spacial score (nSPS) is 27.4. The molecular formula is C22H23F3N4O3S2. The fraction of sp³-hybridized carbons (Fsp3) is 0.545. The number of halogens is 3. The van der Waals surface area contributed by atoms with E-state index in [1.807, 2.05) is 0 Å². The van der Waals surface area contributed by atoms with Gasteiger partial charge in [-0.25, -0.2) is 0 Å². The van der Waals surface area contributed by atoms with E-state index in [4.69, 9.17) is 0 Å². The molecule has 4 fully saturated rings. The van der Waals surface area contributed by atoms with Crippen molar-refractivity contribution in [2.75, 3.05) is 16.4 Å². The van der Waals surface area contributed by atoms with Crippen LogP contribution < -0.4 is 15.4 Å². The third-order valence-corrected chi connectivity index (χ3v) is 8.82. The summed E-state index contributed by atoms with van der Waals surface area (Å²) in [5.41, 5.74) is 0.0785. The number of ether oxygens (including phenoxy) is 1. The van der Waals surface area contributed by atoms with E-state index >= 15 is 0 Å². The van der Waals surface area contributed by atoms with Gasteiger partial charge in [-0.1, -0.05) is 23.1 Å². The van der Waals surface area contributed by atoms with Gasteiger partial charge in [0.2, 0.25) is 16.9 Å². The zero-order valence-electron chi connectivity index (χ0n) is 18.1. The van der Waals surface area contributed by atoms with Gasteiger partial charge in [0.25, 0.3) is 0 Å². The quantitative estimate of drug-likeness (QED) is 0.385. The average Bonchev–Trinajstić information content (AvgIpc) is 3.19. The average molecular weight is 513 g/mol. The second-order valence-corrected chi connectivity index (χ2v) is 11.6. The van der Waals surface area contributed by atoms with E-state index in [9.17, 15) is 22.8 Å². The van der Waals surface area contributed by atoms with Crippen molar-refractivity contribution in [1.82, 2.24) is 10.2 Å². The van der Waals surface area contributed by atoms with Crippen molar-refractivity contribution in [2.45, 2.75) is 49.2 Å². The van der Waals surface area contributed by atoms with Crippen molar-refractivity contribution < 1.29 is 27.5 Å². The van der Waals surface area contributed by atoms with Gasteiger partial charge in [0.1, 0.15) is 5.75 Å². The van der Waals surface area contributed by atoms with Crippen LogP contribution in [0.25, 0.3) is 0 Å². The number of alkyl halides is 3. The molecule has 34 heavy (non-hydrogen) atoms. The number of carbonyl (C=O) groups is 2. The van der Waals surface area contributed by atoms with Crippen LogP contribution in [0.4, 0.5) is 24.0 Å². The van der Waals surface area contributed by atoms with Crippen LogP contribution in [-0.4, -0.2) is 34.1 Å². The smallest absolute Gasteiger partial charge is 0.406 e. The first-order valence-electron chi connectivity index (χ1n) is 11.1. The molecule has 7 nitrogen and oxygen atoms in total. The predicted molar refractivity (Wildman–Crippen MR) is 122 cm³/mol. The molecule has 4 aliphatic rings. The van der Waals surface area contributed by atoms with Crippen LogP contribution in [0, 0.1) is 23.2 Å². The zero-order valence-corrected chi connectivity index (χ0v) is 19.7. The first kappa shape index (κ1) is 23.4. The van der Waals surface area contributed by atoms with Gasteiger partial charge in [0.15, 0.2) is 4.34 Å². The molecular weight excluding hydrogens is 489 g/mol. The molecule has 0 aliphatic heterocycles. The van der Waals surface area contributed by atoms with Crippen LogP contribution in [-0.2, 0) is 9.59 Å². The van der Waals surface area contributed by atoms with E-state index in [2.05, 4.69) is 25.6 Å². The number of anilines is 2. The monoisotopic (exact) mass is 512 g/mol. The van der Waals surface area contributed by atoms with E-state index in [-0.39, 0.29) is 28.7 Å². The highest BCUT2D eigenvalue weighted by Gasteiger charge is 2.54. The number of amides is 2. The lowest BCUT2D eigenvalue weighted by molar-refractivity contribution is -0.274. The highest BCUT2D eigenvalue weighted by Crippen LogP contribution is 2.60. The van der Waals surface area contributed by atoms with Crippen LogP contribution in [0.2, 0.25) is 0 Å². The third kappa shape index (κ3) is 5.32. The highest BCUT2D eigenvalue weighted by atomic mass is 32.2. The summed E-state index contributed by atoms with van der Waals surface area (Å²) in [6.07, 6.45) is 1.92. The summed E-state index contributed by atoms with van der Waals surface area (Å²) in [6, 6.07) is 4.90. The molecule has 0 atom stereocenters. The van der Waals surface area contributed by atoms with Crippen LogP contribution in [0.3, 0.4) is 0 Å². The summed E-state index contributed by atoms with van der Waals surface area (Å²) in [6.45, 7) is 0. The first-order chi connectivity index (χ1) is 16.2. The molecule has 2 N–H and O–H groups in total. The summed E-state index contributed by atoms with van der Waals surface area (Å²) in [5, 5.41) is 14.1. The molecule has 6 rings (SSSR count). The summed E-state index contributed by atoms with van der Waals surface area (Å²) < 4.78 is 41.0. The molecule has 2 aromatic rings. The molecule has 2 amide bonds. The van der Waals surface area contributed by atoms with Crippen LogP contribution in [0.5, 0.6) is 5.75 Å². The molecule has 12 heteroatoms. The van der Waals surface area contributed by atoms with E-state index in [1.165, 1.54) is 54.5 Å². The number of hydrogen-bond acceptors (Lipinski definition) is 7. The summed E-state index contributed by atoms with van der Waals surface area (Å²) in [4.78, 5) is 25.3. The number of nitrogens with one attached hydrogen (secondary N) is 2. The maximum Gasteiger partial charge on any atom is 0.573 e. The molecule has 1 heterocycles. The van der Waals surface area contributed by atoms with Crippen molar-refractivity contribution in [3.8, 4) is 5.75 Å². The zero-order chi connectivity index (χ0) is 23.9. The van der Waals surface area contributed by atoms with Gasteiger partial charge in [0.05, 0.1) is 11.2 Å². The SMILES string of the molecule is O=C(CSc1nnc(NC(=O)C23CC4CC(CC(C4)C2)C3)s1)Nc1ccc(OC(F)(F)F)cc1. The highest BCUT2D eigenvalue weighted by molar-refractivity contribution is 8.01. The standard InChI is InChI=1S/C22H23F3N4O3S2/c23-22(24,25)32-16-3-1-15(2-4-16)26-17(30)11-33-20-29-28-19(34-20)27-18(31)21-8-12-5-13(9-21)7-14(6-12)10-21/h1-4,12-14H,5-11H2,(H,26,30)(H,27,28,31). The number of carbonyl (C=O) groups excluding carboxylic acids is 2. The maximum absolute atomic E-state index is 13.1. The van der Waals surface area contributed by atoms with E-state index in [0.29, 0.717) is 32.9 Å². The number of aromatic nitrogens is 2. The second kappa shape index (κ2) is 9.03. The predicted octanol–water partition coefficient (Wildman–Crippen LogP) is 5.32. The summed E-state index contributed by atoms with van der Waals surface area (Å²) in [7, 11) is 0. The van der Waals surface area contributed by atoms with Crippen LogP contribution in [0.1, 0.15) is 38.5 Å². The van der Waals surface area contributed by atoms with Crippen LogP contribution >= 0.6 is 23.1 Å². The molecule has 1 aromatic carbocycles. The Hall–Kier alpha value is -2.34. The molecule has 0 spiro atoms. The van der Waals surface area contributed by atoms with E-state index in [0.717, 1.165) is 31.4 Å². The molecule has 1 aromatic heterocycles. The van der Waals surface area contributed by atoms with Gasteiger partial charge in [-0.15, -0.1) is 23.4 Å². The Morgan fingerprint density at radius 3 is 2.24 bits per heavy atom. The Morgan fingerprint density at radius 2 is 1.65 bits per heavy atom. The van der Waals surface area contributed by atoms with Crippen LogP contribution in [0.15, 0.2) is 28.6 Å². The van der Waals surface area contributed by atoms with Crippen molar-refractivity contribution >= 4 is 45.7 Å². The third-order valence-electron chi connectivity index (χ3n) is 6.85. The van der Waals surface area contributed by atoms with Crippen molar-refractivity contribution in [3.63, 3.8) is 0 Å². The van der Waals surface area contributed by atoms with E-state index in [1.54, 1.807) is 0 Å². The van der Waals surface area contributed by atoms with Crippen molar-refractivity contribution in [2.24, 2.45) is 23.2 Å². The fourth-order valence-corrected chi connectivity index (χ4v) is 7.55. The lowest BCUT2D eigenvalue weighted by atomic mass is 9.49. The van der Waals surface area contributed by atoms with Gasteiger partial charge in [-0.2, -0.15) is 0 Å². The van der Waals surface area contributed by atoms with Gasteiger partial charge in [0, 0.05) is 5.69 Å². The van der Waals surface area contributed by atoms with Gasteiger partial charge < -0.3 is 15.4 Å². The molecule has 4 saturated carbocycles. The number of benzene rings is 1. The summed E-state index contributed by atoms with van der Waals surface area (Å²) >= 11 is 2.40. The molecule has 4 bridgehead atoms. The molecule has 4 aliphatic carbocycles. The molecule has 0 saturated heterocycles. The van der Waals surface area contributed by atoms with Crippen molar-refractivity contribution in [3.05, 3.63) is 24.3 Å². The van der Waals surface area contributed by atoms with Crippen molar-refractivity contribution in [1.29, 1.82) is 0 Å². The molecule has 0 radical (unpaired) electrons. The number of hydrogen-bond donors (Lipinski definition) is 2. The van der Waals surface area contributed by atoms with Gasteiger partial charge in [-0.3, -0.25) is 9.59 Å². The minimum atomic E-state index is -4.77. The largest absolute Gasteiger partial charge is 0.573 e. The van der Waals surface area contributed by atoms with E-state index < -0.39 is 6.36 Å². The Bertz CT molecular complexity index is 1040. The summed E-state index contributed by atoms with van der Waals surface area (Å²) in [5.74, 6) is 1.40. The minimum absolute atomic E-state index is 0.0400. The Morgan fingerprint density at radius 1 is 1.03 bits per heavy atom. The molecule has 182 valence electrons. The second-order valence-electron chi connectivity index (χ2n) is 9.43. The lowest BCUT2D eigenvalue weighted by Gasteiger charge is -2.55. The number of thioether (sulfide) groups is 1. The number of rotatable bonds is 7. The van der Waals surface area contributed by atoms with Gasteiger partial charge >= 0.3 is 6.36 Å². The molecule has 0 unspecified atom stereocenters. The maximum atomic E-state index is 13.1. The minimum Gasteiger partial charge on any atom is -0.406 e. The first-order valence-corrected chi connectivity index (χ1v) is 12.9. The fourth-order valence-electron chi connectivity index (χ4n) is 6.00. The Labute approximate surface area is 202 Å². The Kier molecular flexibility index (Phi) is 6.21. The Balaban J connectivity index is 1.10. The van der Waals surface area contributed by atoms with Gasteiger partial charge in [-0.05, 0) is 80.5 Å². The number of nitrogens with zero attached hydrogens (tertiary/aromatic N) is 2.